The van der Waals surface area contributed by atoms with E-state index in [9.17, 15) is 0 Å². The second kappa shape index (κ2) is 5.89. The molecule has 3 N–H and O–H groups in total. The number of pyridine rings is 1. The third-order valence-corrected chi connectivity index (χ3v) is 6.03. The third-order valence-electron chi connectivity index (χ3n) is 4.41. The van der Waals surface area contributed by atoms with E-state index in [0.717, 1.165) is 45.9 Å². The number of rotatable bonds is 4. The number of fused-ring (bicyclic) bond motifs is 5. The molecule has 5 nitrogen and oxygen atoms in total. The van der Waals surface area contributed by atoms with Gasteiger partial charge in [-0.1, -0.05) is 25.1 Å². The van der Waals surface area contributed by atoms with Crippen molar-refractivity contribution in [2.45, 2.75) is 44.2 Å². The van der Waals surface area contributed by atoms with Crippen LogP contribution in [0.2, 0.25) is 0 Å². The number of thioether (sulfide) groups is 1. The summed E-state index contributed by atoms with van der Waals surface area (Å²) in [7, 11) is 0. The van der Waals surface area contributed by atoms with E-state index in [1.165, 1.54) is 40.4 Å². The van der Waals surface area contributed by atoms with Crippen molar-refractivity contribution >= 4 is 49.3 Å². The second-order valence-corrected chi connectivity index (χ2v) is 7.55. The lowest BCUT2D eigenvalue weighted by Crippen LogP contribution is -2.09. The first-order valence-corrected chi connectivity index (χ1v) is 9.96. The lowest BCUT2D eigenvalue weighted by molar-refractivity contribution is 0.856. The number of thiophene rings is 1. The average molecular weight is 345 g/mol. The zero-order chi connectivity index (χ0) is 16.0. The molecule has 3 heterocycles. The van der Waals surface area contributed by atoms with Gasteiger partial charge in [0.15, 0.2) is 11.0 Å². The monoisotopic (exact) mass is 345 g/mol. The highest BCUT2D eigenvalue weighted by Gasteiger charge is 2.24. The summed E-state index contributed by atoms with van der Waals surface area (Å²) in [4.78, 5) is 15.3. The summed E-state index contributed by atoms with van der Waals surface area (Å²) in [5.41, 5.74) is 7.93. The first-order chi connectivity index (χ1) is 11.3. The first kappa shape index (κ1) is 15.1. The minimum atomic E-state index is 0.700. The maximum atomic E-state index is 5.69. The fraction of sp³-hybridized carbons (Fsp3) is 0.438. The molecule has 0 radical (unpaired) electrons. The number of aromatic nitrogens is 3. The average Bonchev–Trinajstić information content (AvgIpc) is 3.17. The smallest absolute Gasteiger partial charge is 0.189 e. The normalized spacial score (nSPS) is 13.9. The molecule has 1 aliphatic carbocycles. The maximum absolute atomic E-state index is 5.69. The molecule has 7 heteroatoms. The molecular formula is C16H19N5S2. The van der Waals surface area contributed by atoms with Crippen molar-refractivity contribution in [1.82, 2.24) is 15.0 Å². The topological polar surface area (TPSA) is 76.7 Å². The molecule has 23 heavy (non-hydrogen) atoms. The van der Waals surface area contributed by atoms with Crippen molar-refractivity contribution in [3.05, 3.63) is 16.8 Å². The number of hydrogen-bond acceptors (Lipinski definition) is 7. The lowest BCUT2D eigenvalue weighted by atomic mass is 10.0. The van der Waals surface area contributed by atoms with Gasteiger partial charge in [-0.2, -0.15) is 0 Å². The number of hydrazine groups is 1. The molecule has 0 aliphatic heterocycles. The predicted octanol–water partition coefficient (Wildman–Crippen LogP) is 3.69. The van der Waals surface area contributed by atoms with Gasteiger partial charge in [0.05, 0.1) is 10.2 Å². The number of aryl methyl sites for hydroxylation is 2. The van der Waals surface area contributed by atoms with Crippen molar-refractivity contribution in [2.24, 2.45) is 5.84 Å². The van der Waals surface area contributed by atoms with Gasteiger partial charge in [-0.05, 0) is 43.1 Å². The molecule has 0 atom stereocenters. The Labute approximate surface area is 143 Å². The van der Waals surface area contributed by atoms with E-state index >= 15 is 0 Å². The van der Waals surface area contributed by atoms with E-state index in [0.29, 0.717) is 5.82 Å². The molecule has 0 aromatic carbocycles. The highest BCUT2D eigenvalue weighted by molar-refractivity contribution is 7.98. The minimum Gasteiger partial charge on any atom is -0.307 e. The highest BCUT2D eigenvalue weighted by Crippen LogP contribution is 2.42. The third kappa shape index (κ3) is 2.29. The fourth-order valence-electron chi connectivity index (χ4n) is 3.46. The summed E-state index contributed by atoms with van der Waals surface area (Å²) in [6.45, 7) is 2.21. The molecule has 3 aromatic rings. The zero-order valence-electron chi connectivity index (χ0n) is 13.3. The Morgan fingerprint density at radius 3 is 2.78 bits per heavy atom. The van der Waals surface area contributed by atoms with Crippen molar-refractivity contribution in [3.8, 4) is 0 Å². The Kier molecular flexibility index (Phi) is 3.87. The Balaban J connectivity index is 2.11. The van der Waals surface area contributed by atoms with Gasteiger partial charge < -0.3 is 5.43 Å². The number of nitrogens with zero attached hydrogens (tertiary/aromatic N) is 3. The van der Waals surface area contributed by atoms with Gasteiger partial charge in [0.2, 0.25) is 0 Å². The van der Waals surface area contributed by atoms with Crippen LogP contribution < -0.4 is 11.3 Å². The van der Waals surface area contributed by atoms with Crippen LogP contribution in [0.4, 0.5) is 5.82 Å². The molecular weight excluding hydrogens is 326 g/mol. The maximum Gasteiger partial charge on any atom is 0.189 e. The molecule has 1 aliphatic rings. The van der Waals surface area contributed by atoms with Crippen LogP contribution >= 0.6 is 23.1 Å². The molecule has 0 saturated carbocycles. The quantitative estimate of drug-likeness (QED) is 0.325. The summed E-state index contributed by atoms with van der Waals surface area (Å²) < 4.78 is 1.01. The van der Waals surface area contributed by atoms with Crippen LogP contribution in [0.3, 0.4) is 0 Å². The van der Waals surface area contributed by atoms with Crippen LogP contribution in [-0.4, -0.2) is 21.2 Å². The minimum absolute atomic E-state index is 0.700. The Hall–Kier alpha value is -1.44. The van der Waals surface area contributed by atoms with Gasteiger partial charge in [-0.25, -0.2) is 20.8 Å². The Morgan fingerprint density at radius 2 is 2.04 bits per heavy atom. The van der Waals surface area contributed by atoms with Crippen molar-refractivity contribution in [1.29, 1.82) is 0 Å². The number of hydrogen-bond donors (Lipinski definition) is 2. The van der Waals surface area contributed by atoms with Crippen LogP contribution in [0, 0.1) is 0 Å². The summed E-state index contributed by atoms with van der Waals surface area (Å²) in [6, 6.07) is 0. The number of anilines is 1. The van der Waals surface area contributed by atoms with Gasteiger partial charge in [0.1, 0.15) is 4.83 Å². The molecule has 120 valence electrons. The zero-order valence-corrected chi connectivity index (χ0v) is 14.9. The van der Waals surface area contributed by atoms with Crippen molar-refractivity contribution in [2.75, 3.05) is 11.7 Å². The molecule has 0 bridgehead atoms. The van der Waals surface area contributed by atoms with E-state index < -0.39 is 0 Å². The number of nitrogens with two attached hydrogens (primary N) is 1. The second-order valence-electron chi connectivity index (χ2n) is 5.78. The molecule has 0 fully saturated rings. The highest BCUT2D eigenvalue weighted by atomic mass is 32.2. The van der Waals surface area contributed by atoms with Crippen molar-refractivity contribution in [3.63, 3.8) is 0 Å². The summed E-state index contributed by atoms with van der Waals surface area (Å²) in [5.74, 6) is 6.39. The molecule has 0 unspecified atom stereocenters. The van der Waals surface area contributed by atoms with Gasteiger partial charge >= 0.3 is 0 Å². The van der Waals surface area contributed by atoms with Crippen LogP contribution in [0.15, 0.2) is 5.16 Å². The summed E-state index contributed by atoms with van der Waals surface area (Å²) in [5, 5.41) is 1.97. The molecule has 0 saturated heterocycles. The van der Waals surface area contributed by atoms with Crippen LogP contribution in [0.1, 0.15) is 36.6 Å². The molecule has 0 spiro atoms. The van der Waals surface area contributed by atoms with Crippen LogP contribution in [-0.2, 0) is 19.3 Å². The molecule has 0 amide bonds. The standard InChI is InChI=1S/C16H19N5S2/c1-3-5-10-8-6-4-7-9(8)11-12-13(23-15(11)18-10)14(21-17)20-16(19-12)22-2/h3-7,17H2,1-2H3,(H,19,20,21). The Morgan fingerprint density at radius 1 is 1.22 bits per heavy atom. The van der Waals surface area contributed by atoms with Gasteiger partial charge in [0, 0.05) is 11.1 Å². The van der Waals surface area contributed by atoms with Gasteiger partial charge in [-0.15, -0.1) is 11.3 Å². The van der Waals surface area contributed by atoms with Crippen LogP contribution in [0.25, 0.3) is 20.4 Å². The SMILES string of the molecule is CCCc1nc2sc3c(NN)nc(SC)nc3c2c2c1CCC2. The number of nitrogens with one attached hydrogen (secondary N) is 1. The van der Waals surface area contributed by atoms with E-state index in [2.05, 4.69) is 17.3 Å². The van der Waals surface area contributed by atoms with E-state index in [1.54, 1.807) is 11.3 Å². The van der Waals surface area contributed by atoms with Gasteiger partial charge in [0.25, 0.3) is 0 Å². The lowest BCUT2D eigenvalue weighted by Gasteiger charge is -2.08. The first-order valence-electron chi connectivity index (χ1n) is 7.92. The largest absolute Gasteiger partial charge is 0.307 e. The van der Waals surface area contributed by atoms with Crippen molar-refractivity contribution < 1.29 is 0 Å². The molecule has 3 aromatic heterocycles. The summed E-state index contributed by atoms with van der Waals surface area (Å²) in [6.07, 6.45) is 7.65. The van der Waals surface area contributed by atoms with E-state index in [4.69, 9.17) is 15.8 Å². The molecule has 4 rings (SSSR count). The van der Waals surface area contributed by atoms with E-state index in [-0.39, 0.29) is 0 Å². The summed E-state index contributed by atoms with van der Waals surface area (Å²) >= 11 is 3.19. The number of nitrogen functional groups attached to an aromatic ring is 1. The van der Waals surface area contributed by atoms with E-state index in [1.807, 2.05) is 6.26 Å². The predicted molar refractivity (Wildman–Crippen MR) is 98.3 cm³/mol. The Bertz CT molecular complexity index is 903. The van der Waals surface area contributed by atoms with Crippen LogP contribution in [0.5, 0.6) is 0 Å². The fourth-order valence-corrected chi connectivity index (χ4v) is 4.94. The van der Waals surface area contributed by atoms with Gasteiger partial charge in [-0.3, -0.25) is 0 Å².